The van der Waals surface area contributed by atoms with E-state index in [4.69, 9.17) is 0 Å². The maximum atomic E-state index is 12.7. The zero-order valence-corrected chi connectivity index (χ0v) is 11.2. The van der Waals surface area contributed by atoms with Gasteiger partial charge in [0.15, 0.2) is 0 Å². The maximum Gasteiger partial charge on any atom is 0.416 e. The van der Waals surface area contributed by atoms with E-state index in [2.05, 4.69) is 5.32 Å². The molecule has 0 unspecified atom stereocenters. The lowest BCUT2D eigenvalue weighted by atomic mass is 10.2. The van der Waals surface area contributed by atoms with Gasteiger partial charge in [-0.05, 0) is 42.0 Å². The molecule has 114 valence electrons. The SMILES string of the molecule is O=C(C=Cc1ccc(F)cc1)Nc1cccc(C(F)(F)F)c1. The molecule has 0 radical (unpaired) electrons. The number of hydrogen-bond donors (Lipinski definition) is 1. The summed E-state index contributed by atoms with van der Waals surface area (Å²) in [6.45, 7) is 0. The van der Waals surface area contributed by atoms with Crippen molar-refractivity contribution in [1.82, 2.24) is 0 Å². The van der Waals surface area contributed by atoms with Crippen LogP contribution < -0.4 is 5.32 Å². The summed E-state index contributed by atoms with van der Waals surface area (Å²) in [5.41, 5.74) is -0.197. The highest BCUT2D eigenvalue weighted by Crippen LogP contribution is 2.30. The Hall–Kier alpha value is -2.63. The summed E-state index contributed by atoms with van der Waals surface area (Å²) in [5.74, 6) is -0.978. The summed E-state index contributed by atoms with van der Waals surface area (Å²) >= 11 is 0. The summed E-state index contributed by atoms with van der Waals surface area (Å²) < 4.78 is 50.4. The van der Waals surface area contributed by atoms with Crippen LogP contribution in [0.2, 0.25) is 0 Å². The van der Waals surface area contributed by atoms with Crippen molar-refractivity contribution >= 4 is 17.7 Å². The first kappa shape index (κ1) is 15.8. The van der Waals surface area contributed by atoms with E-state index in [0.717, 1.165) is 18.2 Å². The third kappa shape index (κ3) is 4.44. The Morgan fingerprint density at radius 2 is 1.73 bits per heavy atom. The molecule has 1 N–H and O–H groups in total. The summed E-state index contributed by atoms with van der Waals surface area (Å²) in [4.78, 5) is 11.7. The lowest BCUT2D eigenvalue weighted by molar-refractivity contribution is -0.137. The molecule has 0 aliphatic heterocycles. The monoisotopic (exact) mass is 309 g/mol. The van der Waals surface area contributed by atoms with Crippen LogP contribution in [0.1, 0.15) is 11.1 Å². The fourth-order valence-corrected chi connectivity index (χ4v) is 1.70. The second kappa shape index (κ2) is 6.43. The van der Waals surface area contributed by atoms with Crippen molar-refractivity contribution in [3.05, 3.63) is 71.6 Å². The van der Waals surface area contributed by atoms with E-state index in [0.29, 0.717) is 5.56 Å². The number of anilines is 1. The number of halogens is 4. The van der Waals surface area contributed by atoms with Crippen LogP contribution in [0, 0.1) is 5.82 Å². The number of benzene rings is 2. The third-order valence-corrected chi connectivity index (χ3v) is 2.75. The molecule has 22 heavy (non-hydrogen) atoms. The van der Waals surface area contributed by atoms with Crippen molar-refractivity contribution in [3.8, 4) is 0 Å². The number of carbonyl (C=O) groups is 1. The van der Waals surface area contributed by atoms with E-state index >= 15 is 0 Å². The van der Waals surface area contributed by atoms with Gasteiger partial charge in [-0.1, -0.05) is 18.2 Å². The Morgan fingerprint density at radius 3 is 2.36 bits per heavy atom. The van der Waals surface area contributed by atoms with Crippen LogP contribution in [-0.4, -0.2) is 5.91 Å². The van der Waals surface area contributed by atoms with Crippen LogP contribution in [0.25, 0.3) is 6.08 Å². The van der Waals surface area contributed by atoms with E-state index < -0.39 is 23.5 Å². The molecule has 0 heterocycles. The molecule has 1 amide bonds. The van der Waals surface area contributed by atoms with Crippen molar-refractivity contribution in [2.75, 3.05) is 5.32 Å². The number of hydrogen-bond acceptors (Lipinski definition) is 1. The first-order chi connectivity index (χ1) is 10.3. The molecule has 0 aliphatic carbocycles. The average Bonchev–Trinajstić information content (AvgIpc) is 2.46. The molecule has 2 rings (SSSR count). The van der Waals surface area contributed by atoms with Crippen molar-refractivity contribution in [1.29, 1.82) is 0 Å². The summed E-state index contributed by atoms with van der Waals surface area (Å²) in [7, 11) is 0. The Bertz CT molecular complexity index is 690. The van der Waals surface area contributed by atoms with Gasteiger partial charge in [0, 0.05) is 11.8 Å². The fraction of sp³-hybridized carbons (Fsp3) is 0.0625. The van der Waals surface area contributed by atoms with Crippen LogP contribution in [-0.2, 0) is 11.0 Å². The predicted octanol–water partition coefficient (Wildman–Crippen LogP) is 4.50. The molecule has 0 aromatic heterocycles. The van der Waals surface area contributed by atoms with Crippen LogP contribution >= 0.6 is 0 Å². The number of alkyl halides is 3. The minimum absolute atomic E-state index is 0.0450. The zero-order chi connectivity index (χ0) is 16.2. The van der Waals surface area contributed by atoms with E-state index in [1.807, 2.05) is 0 Å². The highest BCUT2D eigenvalue weighted by Gasteiger charge is 2.30. The van der Waals surface area contributed by atoms with Gasteiger partial charge in [-0.15, -0.1) is 0 Å². The highest BCUT2D eigenvalue weighted by molar-refractivity contribution is 6.01. The van der Waals surface area contributed by atoms with Gasteiger partial charge in [0.1, 0.15) is 5.82 Å². The Balaban J connectivity index is 2.04. The molecule has 0 saturated carbocycles. The normalized spacial score (nSPS) is 11.6. The number of rotatable bonds is 3. The van der Waals surface area contributed by atoms with Crippen molar-refractivity contribution in [3.63, 3.8) is 0 Å². The van der Waals surface area contributed by atoms with Crippen molar-refractivity contribution in [2.24, 2.45) is 0 Å². The summed E-state index contributed by atoms with van der Waals surface area (Å²) in [6, 6.07) is 9.77. The third-order valence-electron chi connectivity index (χ3n) is 2.75. The topological polar surface area (TPSA) is 29.1 Å². The van der Waals surface area contributed by atoms with Crippen LogP contribution in [0.5, 0.6) is 0 Å². The second-order valence-electron chi connectivity index (χ2n) is 4.45. The molecule has 6 heteroatoms. The molecular formula is C16H11F4NO. The van der Waals surface area contributed by atoms with Gasteiger partial charge >= 0.3 is 6.18 Å². The van der Waals surface area contributed by atoms with E-state index in [1.54, 1.807) is 0 Å². The van der Waals surface area contributed by atoms with Gasteiger partial charge in [-0.25, -0.2) is 4.39 Å². The molecular weight excluding hydrogens is 298 g/mol. The number of carbonyl (C=O) groups excluding carboxylic acids is 1. The number of nitrogens with one attached hydrogen (secondary N) is 1. The molecule has 2 aromatic rings. The van der Waals surface area contributed by atoms with Crippen molar-refractivity contribution < 1.29 is 22.4 Å². The predicted molar refractivity (Wildman–Crippen MR) is 75.5 cm³/mol. The van der Waals surface area contributed by atoms with E-state index in [1.165, 1.54) is 42.5 Å². The van der Waals surface area contributed by atoms with Gasteiger partial charge in [0.25, 0.3) is 0 Å². The smallest absolute Gasteiger partial charge is 0.322 e. The van der Waals surface area contributed by atoms with Gasteiger partial charge in [0.2, 0.25) is 5.91 Å². The Kier molecular flexibility index (Phi) is 4.60. The fourth-order valence-electron chi connectivity index (χ4n) is 1.70. The molecule has 0 saturated heterocycles. The molecule has 0 bridgehead atoms. The minimum Gasteiger partial charge on any atom is -0.322 e. The molecule has 0 aliphatic rings. The molecule has 2 aromatic carbocycles. The quantitative estimate of drug-likeness (QED) is 0.656. The first-order valence-electron chi connectivity index (χ1n) is 6.26. The second-order valence-corrected chi connectivity index (χ2v) is 4.45. The van der Waals surface area contributed by atoms with Crippen LogP contribution in [0.15, 0.2) is 54.6 Å². The molecule has 0 spiro atoms. The molecule has 0 atom stereocenters. The zero-order valence-electron chi connectivity index (χ0n) is 11.2. The maximum absolute atomic E-state index is 12.7. The molecule has 0 fully saturated rings. The Morgan fingerprint density at radius 1 is 1.05 bits per heavy atom. The average molecular weight is 309 g/mol. The summed E-state index contributed by atoms with van der Waals surface area (Å²) in [5, 5.41) is 2.34. The van der Waals surface area contributed by atoms with Crippen molar-refractivity contribution in [2.45, 2.75) is 6.18 Å². The Labute approximate surface area is 124 Å². The highest BCUT2D eigenvalue weighted by atomic mass is 19.4. The lowest BCUT2D eigenvalue weighted by Crippen LogP contribution is -2.10. The standard InChI is InChI=1S/C16H11F4NO/c17-13-7-4-11(5-8-13)6-9-15(22)21-14-3-1-2-12(10-14)16(18,19)20/h1-10H,(H,21,22). The van der Waals surface area contributed by atoms with Gasteiger partial charge < -0.3 is 5.32 Å². The lowest BCUT2D eigenvalue weighted by Gasteiger charge is -2.08. The largest absolute Gasteiger partial charge is 0.416 e. The number of amides is 1. The van der Waals surface area contributed by atoms with Crippen LogP contribution in [0.3, 0.4) is 0 Å². The van der Waals surface area contributed by atoms with Crippen LogP contribution in [0.4, 0.5) is 23.2 Å². The van der Waals surface area contributed by atoms with Gasteiger partial charge in [0.05, 0.1) is 5.56 Å². The van der Waals surface area contributed by atoms with Gasteiger partial charge in [-0.3, -0.25) is 4.79 Å². The molecule has 2 nitrogen and oxygen atoms in total. The first-order valence-corrected chi connectivity index (χ1v) is 6.26. The minimum atomic E-state index is -4.47. The van der Waals surface area contributed by atoms with Gasteiger partial charge in [-0.2, -0.15) is 13.2 Å². The van der Waals surface area contributed by atoms with E-state index in [9.17, 15) is 22.4 Å². The summed E-state index contributed by atoms with van der Waals surface area (Å²) in [6.07, 6.45) is -1.87. The van der Waals surface area contributed by atoms with E-state index in [-0.39, 0.29) is 5.69 Å².